The van der Waals surface area contributed by atoms with Crippen LogP contribution in [0.5, 0.6) is 0 Å². The molecule has 0 bridgehead atoms. The summed E-state index contributed by atoms with van der Waals surface area (Å²) in [4.78, 5) is 12.8. The average molecular weight is 301 g/mol. The molecule has 2 aromatic carbocycles. The van der Waals surface area contributed by atoms with E-state index in [1.54, 1.807) is 11.3 Å². The van der Waals surface area contributed by atoms with E-state index in [0.29, 0.717) is 5.02 Å². The van der Waals surface area contributed by atoms with Gasteiger partial charge in [0, 0.05) is 31.6 Å². The standard InChI is InChI=1S/C17H13ClOS/c1-10-8-15(18)11(2)7-13(10)17(19)14-9-20-16-6-4-3-5-12(14)16/h3-9H,1-2H3. The van der Waals surface area contributed by atoms with E-state index < -0.39 is 0 Å². The Hall–Kier alpha value is -1.64. The maximum atomic E-state index is 12.8. The first-order chi connectivity index (χ1) is 9.58. The molecule has 20 heavy (non-hydrogen) atoms. The van der Waals surface area contributed by atoms with Gasteiger partial charge in [-0.3, -0.25) is 4.79 Å². The Morgan fingerprint density at radius 2 is 1.80 bits per heavy atom. The second-order valence-corrected chi connectivity index (χ2v) is 6.21. The van der Waals surface area contributed by atoms with Crippen molar-refractivity contribution >= 4 is 38.8 Å². The molecule has 3 heteroatoms. The Kier molecular flexibility index (Phi) is 3.36. The molecule has 1 nitrogen and oxygen atoms in total. The van der Waals surface area contributed by atoms with E-state index in [-0.39, 0.29) is 5.78 Å². The van der Waals surface area contributed by atoms with Crippen LogP contribution in [0.2, 0.25) is 5.02 Å². The summed E-state index contributed by atoms with van der Waals surface area (Å²) in [5.74, 6) is 0.0692. The van der Waals surface area contributed by atoms with Gasteiger partial charge in [0.15, 0.2) is 5.78 Å². The molecule has 0 atom stereocenters. The quantitative estimate of drug-likeness (QED) is 0.579. The summed E-state index contributed by atoms with van der Waals surface area (Å²) in [6.45, 7) is 3.84. The number of thiophene rings is 1. The van der Waals surface area contributed by atoms with E-state index in [1.165, 1.54) is 0 Å². The Balaban J connectivity index is 2.16. The highest BCUT2D eigenvalue weighted by Crippen LogP contribution is 2.29. The molecule has 0 unspecified atom stereocenters. The largest absolute Gasteiger partial charge is 0.289 e. The molecule has 0 amide bonds. The monoisotopic (exact) mass is 300 g/mol. The van der Waals surface area contributed by atoms with Crippen LogP contribution in [-0.2, 0) is 0 Å². The first kappa shape index (κ1) is 13.3. The van der Waals surface area contributed by atoms with Crippen molar-refractivity contribution in [2.75, 3.05) is 0 Å². The SMILES string of the molecule is Cc1cc(C(=O)c2csc3ccccc23)c(C)cc1Cl. The van der Waals surface area contributed by atoms with E-state index in [4.69, 9.17) is 11.6 Å². The topological polar surface area (TPSA) is 17.1 Å². The van der Waals surface area contributed by atoms with Crippen molar-refractivity contribution in [1.29, 1.82) is 0 Å². The Labute approximate surface area is 126 Å². The summed E-state index contributed by atoms with van der Waals surface area (Å²) in [5, 5.41) is 3.67. The van der Waals surface area contributed by atoms with E-state index in [1.807, 2.05) is 55.6 Å². The molecule has 0 saturated carbocycles. The fourth-order valence-electron chi connectivity index (χ4n) is 2.32. The van der Waals surface area contributed by atoms with Gasteiger partial charge in [-0.2, -0.15) is 0 Å². The molecule has 100 valence electrons. The van der Waals surface area contributed by atoms with Crippen molar-refractivity contribution in [1.82, 2.24) is 0 Å². The minimum absolute atomic E-state index is 0.0692. The average Bonchev–Trinajstić information content (AvgIpc) is 2.86. The molecule has 1 heterocycles. The number of fused-ring (bicyclic) bond motifs is 1. The number of carbonyl (C=O) groups excluding carboxylic acids is 1. The van der Waals surface area contributed by atoms with Crippen LogP contribution in [0.25, 0.3) is 10.1 Å². The zero-order chi connectivity index (χ0) is 14.3. The first-order valence-electron chi connectivity index (χ1n) is 6.35. The van der Waals surface area contributed by atoms with Gasteiger partial charge in [0.1, 0.15) is 0 Å². The van der Waals surface area contributed by atoms with Crippen molar-refractivity contribution < 1.29 is 4.79 Å². The van der Waals surface area contributed by atoms with Crippen molar-refractivity contribution in [3.05, 3.63) is 69.1 Å². The molecule has 3 aromatic rings. The summed E-state index contributed by atoms with van der Waals surface area (Å²) in [5.41, 5.74) is 3.35. The predicted molar refractivity (Wildman–Crippen MR) is 86.2 cm³/mol. The third-order valence-electron chi connectivity index (χ3n) is 3.48. The second-order valence-electron chi connectivity index (χ2n) is 4.89. The van der Waals surface area contributed by atoms with Gasteiger partial charge in [-0.05, 0) is 43.2 Å². The number of hydrogen-bond donors (Lipinski definition) is 0. The summed E-state index contributed by atoms with van der Waals surface area (Å²) < 4.78 is 1.14. The molecule has 1 aromatic heterocycles. The zero-order valence-electron chi connectivity index (χ0n) is 11.2. The summed E-state index contributed by atoms with van der Waals surface area (Å²) in [6.07, 6.45) is 0. The van der Waals surface area contributed by atoms with Crippen LogP contribution < -0.4 is 0 Å². The van der Waals surface area contributed by atoms with Gasteiger partial charge >= 0.3 is 0 Å². The van der Waals surface area contributed by atoms with Gasteiger partial charge in [0.05, 0.1) is 0 Å². The highest BCUT2D eigenvalue weighted by atomic mass is 35.5. The van der Waals surface area contributed by atoms with Gasteiger partial charge in [-0.25, -0.2) is 0 Å². The fourth-order valence-corrected chi connectivity index (χ4v) is 3.48. The molecule has 0 aliphatic rings. The van der Waals surface area contributed by atoms with E-state index >= 15 is 0 Å². The molecule has 0 aliphatic carbocycles. The van der Waals surface area contributed by atoms with E-state index in [9.17, 15) is 4.79 Å². The lowest BCUT2D eigenvalue weighted by Gasteiger charge is -2.07. The van der Waals surface area contributed by atoms with Crippen LogP contribution in [0.4, 0.5) is 0 Å². The number of halogens is 1. The lowest BCUT2D eigenvalue weighted by Crippen LogP contribution is -2.03. The normalized spacial score (nSPS) is 10.9. The molecular formula is C17H13ClOS. The molecule has 0 radical (unpaired) electrons. The minimum atomic E-state index is 0.0692. The number of ketones is 1. The van der Waals surface area contributed by atoms with Crippen molar-refractivity contribution in [3.8, 4) is 0 Å². The second kappa shape index (κ2) is 5.04. The minimum Gasteiger partial charge on any atom is -0.289 e. The molecule has 0 saturated heterocycles. The van der Waals surface area contributed by atoms with Crippen molar-refractivity contribution in [3.63, 3.8) is 0 Å². The Bertz CT molecular complexity index is 817. The first-order valence-corrected chi connectivity index (χ1v) is 7.61. The van der Waals surface area contributed by atoms with Crippen LogP contribution >= 0.6 is 22.9 Å². The van der Waals surface area contributed by atoms with Crippen LogP contribution in [-0.4, -0.2) is 5.78 Å². The number of aryl methyl sites for hydroxylation is 2. The number of carbonyl (C=O) groups is 1. The van der Waals surface area contributed by atoms with Crippen LogP contribution in [0.15, 0.2) is 41.8 Å². The molecule has 0 fully saturated rings. The highest BCUT2D eigenvalue weighted by Gasteiger charge is 2.17. The Morgan fingerprint density at radius 3 is 2.60 bits per heavy atom. The van der Waals surface area contributed by atoms with Crippen molar-refractivity contribution in [2.24, 2.45) is 0 Å². The molecular weight excluding hydrogens is 288 g/mol. The van der Waals surface area contributed by atoms with Gasteiger partial charge < -0.3 is 0 Å². The maximum absolute atomic E-state index is 12.8. The van der Waals surface area contributed by atoms with Gasteiger partial charge in [0.2, 0.25) is 0 Å². The fraction of sp³-hybridized carbons (Fsp3) is 0.118. The predicted octanol–water partition coefficient (Wildman–Crippen LogP) is 5.40. The van der Waals surface area contributed by atoms with Crippen LogP contribution in [0.3, 0.4) is 0 Å². The number of rotatable bonds is 2. The summed E-state index contributed by atoms with van der Waals surface area (Å²) >= 11 is 7.70. The molecule has 0 aliphatic heterocycles. The summed E-state index contributed by atoms with van der Waals surface area (Å²) in [6, 6.07) is 11.7. The van der Waals surface area contributed by atoms with E-state index in [2.05, 4.69) is 0 Å². The third-order valence-corrected chi connectivity index (χ3v) is 4.85. The van der Waals surface area contributed by atoms with Crippen LogP contribution in [0.1, 0.15) is 27.0 Å². The van der Waals surface area contributed by atoms with Gasteiger partial charge in [-0.1, -0.05) is 29.8 Å². The molecule has 0 N–H and O–H groups in total. The maximum Gasteiger partial charge on any atom is 0.194 e. The highest BCUT2D eigenvalue weighted by molar-refractivity contribution is 7.17. The lowest BCUT2D eigenvalue weighted by atomic mass is 9.97. The lowest BCUT2D eigenvalue weighted by molar-refractivity contribution is 0.104. The smallest absolute Gasteiger partial charge is 0.194 e. The van der Waals surface area contributed by atoms with Gasteiger partial charge in [0.25, 0.3) is 0 Å². The Morgan fingerprint density at radius 1 is 1.05 bits per heavy atom. The third kappa shape index (κ3) is 2.15. The van der Waals surface area contributed by atoms with Gasteiger partial charge in [-0.15, -0.1) is 11.3 Å². The molecule has 0 spiro atoms. The van der Waals surface area contributed by atoms with Crippen LogP contribution in [0, 0.1) is 13.8 Å². The molecule has 3 rings (SSSR count). The number of benzene rings is 2. The summed E-state index contributed by atoms with van der Waals surface area (Å²) in [7, 11) is 0. The zero-order valence-corrected chi connectivity index (χ0v) is 12.8. The van der Waals surface area contributed by atoms with Crippen molar-refractivity contribution in [2.45, 2.75) is 13.8 Å². The van der Waals surface area contributed by atoms with E-state index in [0.717, 1.165) is 32.3 Å². The number of hydrogen-bond acceptors (Lipinski definition) is 2.